The first-order valence-electron chi connectivity index (χ1n) is 7.06. The molecule has 2 aromatic carbocycles. The summed E-state index contributed by atoms with van der Waals surface area (Å²) in [5.74, 6) is -0.592. The highest BCUT2D eigenvalue weighted by Gasteiger charge is 2.20. The zero-order valence-electron chi connectivity index (χ0n) is 11.7. The average molecular weight is 284 g/mol. The topological polar surface area (TPSA) is 46.3 Å². The van der Waals surface area contributed by atoms with Gasteiger partial charge in [-0.15, -0.1) is 0 Å². The molecule has 3 rings (SSSR count). The Hall–Kier alpha value is -2.36. The van der Waals surface area contributed by atoms with Crippen molar-refractivity contribution in [2.24, 2.45) is 0 Å². The number of amides is 1. The van der Waals surface area contributed by atoms with E-state index >= 15 is 0 Å². The number of benzene rings is 2. The van der Waals surface area contributed by atoms with Gasteiger partial charge in [0.15, 0.2) is 0 Å². The van der Waals surface area contributed by atoms with Crippen LogP contribution in [-0.4, -0.2) is 17.4 Å². The Labute approximate surface area is 123 Å². The zero-order chi connectivity index (χ0) is 14.8. The predicted octanol–water partition coefficient (Wildman–Crippen LogP) is 3.00. The number of carbonyl (C=O) groups is 1. The van der Waals surface area contributed by atoms with Crippen molar-refractivity contribution in [3.63, 3.8) is 0 Å². The van der Waals surface area contributed by atoms with E-state index in [-0.39, 0.29) is 11.6 Å². The van der Waals surface area contributed by atoms with Gasteiger partial charge in [0.2, 0.25) is 0 Å². The van der Waals surface area contributed by atoms with Gasteiger partial charge in [-0.2, -0.15) is 0 Å². The van der Waals surface area contributed by atoms with E-state index in [4.69, 9.17) is 5.73 Å². The van der Waals surface area contributed by atoms with Gasteiger partial charge < -0.3 is 10.6 Å². The largest absolute Gasteiger partial charge is 0.396 e. The fourth-order valence-electron chi connectivity index (χ4n) is 2.73. The van der Waals surface area contributed by atoms with E-state index in [1.165, 1.54) is 29.3 Å². The van der Waals surface area contributed by atoms with Gasteiger partial charge in [-0.3, -0.25) is 4.79 Å². The lowest BCUT2D eigenvalue weighted by Crippen LogP contribution is -2.30. The maximum Gasteiger partial charge on any atom is 0.254 e. The summed E-state index contributed by atoms with van der Waals surface area (Å²) in [6.45, 7) is 1.29. The number of anilines is 1. The van der Waals surface area contributed by atoms with E-state index in [2.05, 4.69) is 12.1 Å². The van der Waals surface area contributed by atoms with Gasteiger partial charge in [-0.1, -0.05) is 24.3 Å². The number of nitrogen functional groups attached to an aromatic ring is 1. The molecule has 0 bridgehead atoms. The molecule has 4 heteroatoms. The predicted molar refractivity (Wildman–Crippen MR) is 80.3 cm³/mol. The SMILES string of the molecule is Nc1cc(C(=O)N2CCCc3ccccc3C2)ccc1F. The summed E-state index contributed by atoms with van der Waals surface area (Å²) >= 11 is 0. The van der Waals surface area contributed by atoms with Crippen LogP contribution < -0.4 is 5.73 Å². The van der Waals surface area contributed by atoms with Crippen molar-refractivity contribution in [1.29, 1.82) is 0 Å². The van der Waals surface area contributed by atoms with Crippen molar-refractivity contribution >= 4 is 11.6 Å². The Morgan fingerprint density at radius 3 is 2.67 bits per heavy atom. The van der Waals surface area contributed by atoms with Crippen molar-refractivity contribution < 1.29 is 9.18 Å². The zero-order valence-corrected chi connectivity index (χ0v) is 11.7. The van der Waals surface area contributed by atoms with E-state index in [0.717, 1.165) is 12.8 Å². The summed E-state index contributed by atoms with van der Waals surface area (Å²) in [5, 5.41) is 0. The van der Waals surface area contributed by atoms with Crippen LogP contribution in [0.1, 0.15) is 27.9 Å². The molecular formula is C17H17FN2O. The number of halogens is 1. The molecule has 2 N–H and O–H groups in total. The second kappa shape index (κ2) is 5.56. The third kappa shape index (κ3) is 2.75. The minimum Gasteiger partial charge on any atom is -0.396 e. The smallest absolute Gasteiger partial charge is 0.254 e. The molecule has 1 heterocycles. The van der Waals surface area contributed by atoms with E-state index in [9.17, 15) is 9.18 Å². The molecule has 1 aliphatic heterocycles. The van der Waals surface area contributed by atoms with Crippen molar-refractivity contribution in [2.45, 2.75) is 19.4 Å². The number of aryl methyl sites for hydroxylation is 1. The lowest BCUT2D eigenvalue weighted by Gasteiger charge is -2.21. The lowest BCUT2D eigenvalue weighted by atomic mass is 10.0. The number of carbonyl (C=O) groups excluding carboxylic acids is 1. The summed E-state index contributed by atoms with van der Waals surface area (Å²) in [6.07, 6.45) is 1.91. The maximum absolute atomic E-state index is 13.2. The summed E-state index contributed by atoms with van der Waals surface area (Å²) < 4.78 is 13.2. The van der Waals surface area contributed by atoms with E-state index in [1.54, 1.807) is 4.90 Å². The summed E-state index contributed by atoms with van der Waals surface area (Å²) in [5.41, 5.74) is 8.47. The summed E-state index contributed by atoms with van der Waals surface area (Å²) in [4.78, 5) is 14.4. The van der Waals surface area contributed by atoms with Crippen LogP contribution in [-0.2, 0) is 13.0 Å². The van der Waals surface area contributed by atoms with Crippen molar-refractivity contribution in [3.8, 4) is 0 Å². The minimum absolute atomic E-state index is 0.0103. The van der Waals surface area contributed by atoms with Gasteiger partial charge in [-0.05, 0) is 42.2 Å². The molecular weight excluding hydrogens is 267 g/mol. The fraction of sp³-hybridized carbons (Fsp3) is 0.235. The molecule has 0 fully saturated rings. The Bertz CT molecular complexity index is 684. The van der Waals surface area contributed by atoms with Crippen LogP contribution in [0.25, 0.3) is 0 Å². The van der Waals surface area contributed by atoms with Gasteiger partial charge in [0.25, 0.3) is 5.91 Å². The van der Waals surface area contributed by atoms with Gasteiger partial charge >= 0.3 is 0 Å². The van der Waals surface area contributed by atoms with Crippen molar-refractivity contribution in [2.75, 3.05) is 12.3 Å². The molecule has 0 radical (unpaired) electrons. The molecule has 0 saturated heterocycles. The van der Waals surface area contributed by atoms with Gasteiger partial charge in [0.05, 0.1) is 5.69 Å². The number of nitrogens with two attached hydrogens (primary N) is 1. The van der Waals surface area contributed by atoms with E-state index in [0.29, 0.717) is 18.7 Å². The monoisotopic (exact) mass is 284 g/mol. The number of nitrogens with zero attached hydrogens (tertiary/aromatic N) is 1. The van der Waals surface area contributed by atoms with Gasteiger partial charge in [0, 0.05) is 18.7 Å². The van der Waals surface area contributed by atoms with Crippen molar-refractivity contribution in [1.82, 2.24) is 4.90 Å². The maximum atomic E-state index is 13.2. The normalized spacial score (nSPS) is 14.4. The minimum atomic E-state index is -0.493. The van der Waals surface area contributed by atoms with Crippen molar-refractivity contribution in [3.05, 3.63) is 65.0 Å². The molecule has 1 amide bonds. The van der Waals surface area contributed by atoms with Gasteiger partial charge in [-0.25, -0.2) is 4.39 Å². The fourth-order valence-corrected chi connectivity index (χ4v) is 2.73. The highest BCUT2D eigenvalue weighted by atomic mass is 19.1. The highest BCUT2D eigenvalue weighted by Crippen LogP contribution is 2.21. The molecule has 0 atom stereocenters. The molecule has 2 aromatic rings. The van der Waals surface area contributed by atoms with Gasteiger partial charge in [0.1, 0.15) is 5.82 Å². The Kier molecular flexibility index (Phi) is 3.60. The highest BCUT2D eigenvalue weighted by molar-refractivity contribution is 5.95. The standard InChI is InChI=1S/C17H17FN2O/c18-15-8-7-13(10-16(15)19)17(21)20-9-3-6-12-4-1-2-5-14(12)11-20/h1-2,4-5,7-8,10H,3,6,9,11,19H2. The molecule has 0 unspecified atom stereocenters. The number of hydrogen-bond acceptors (Lipinski definition) is 2. The van der Waals surface area contributed by atoms with Crippen LogP contribution in [0.5, 0.6) is 0 Å². The lowest BCUT2D eigenvalue weighted by molar-refractivity contribution is 0.0746. The number of rotatable bonds is 1. The van der Waals surface area contributed by atoms with Crippen LogP contribution in [0.15, 0.2) is 42.5 Å². The Balaban J connectivity index is 1.86. The van der Waals surface area contributed by atoms with E-state index in [1.807, 2.05) is 12.1 Å². The summed E-state index contributed by atoms with van der Waals surface area (Å²) in [7, 11) is 0. The number of fused-ring (bicyclic) bond motifs is 1. The van der Waals surface area contributed by atoms with Crippen LogP contribution in [0.4, 0.5) is 10.1 Å². The Morgan fingerprint density at radius 1 is 1.14 bits per heavy atom. The summed E-state index contributed by atoms with van der Waals surface area (Å²) in [6, 6.07) is 12.3. The van der Waals surface area contributed by atoms with Crippen LogP contribution in [0.2, 0.25) is 0 Å². The molecule has 21 heavy (non-hydrogen) atoms. The molecule has 0 aromatic heterocycles. The molecule has 108 valence electrons. The number of hydrogen-bond donors (Lipinski definition) is 1. The molecule has 0 saturated carbocycles. The molecule has 1 aliphatic rings. The third-order valence-electron chi connectivity index (χ3n) is 3.88. The van der Waals surface area contributed by atoms with Crippen LogP contribution >= 0.6 is 0 Å². The van der Waals surface area contributed by atoms with Crippen LogP contribution in [0, 0.1) is 5.82 Å². The average Bonchev–Trinajstić information content (AvgIpc) is 2.71. The second-order valence-electron chi connectivity index (χ2n) is 5.34. The molecule has 0 spiro atoms. The molecule has 0 aliphatic carbocycles. The first kappa shape index (κ1) is 13.6. The Morgan fingerprint density at radius 2 is 1.90 bits per heavy atom. The van der Waals surface area contributed by atoms with E-state index < -0.39 is 5.82 Å². The quantitative estimate of drug-likeness (QED) is 0.818. The molecule has 3 nitrogen and oxygen atoms in total. The third-order valence-corrected chi connectivity index (χ3v) is 3.88. The first-order valence-corrected chi connectivity index (χ1v) is 7.06. The van der Waals surface area contributed by atoms with Crippen LogP contribution in [0.3, 0.4) is 0 Å². The second-order valence-corrected chi connectivity index (χ2v) is 5.34. The first-order chi connectivity index (χ1) is 10.1.